The number of methoxy groups -OCH3 is 2. The lowest BCUT2D eigenvalue weighted by molar-refractivity contribution is 0.0643. The molecule has 3 aromatic rings. The van der Waals surface area contributed by atoms with Crippen LogP contribution < -0.4 is 9.47 Å². The summed E-state index contributed by atoms with van der Waals surface area (Å²) >= 11 is 0. The van der Waals surface area contributed by atoms with Crippen molar-refractivity contribution in [1.29, 1.82) is 0 Å². The molecular weight excluding hydrogens is 366 g/mol. The summed E-state index contributed by atoms with van der Waals surface area (Å²) in [5.41, 5.74) is 3.20. The van der Waals surface area contributed by atoms with E-state index in [0.717, 1.165) is 48.4 Å². The number of fused-ring (bicyclic) bond motifs is 2. The van der Waals surface area contributed by atoms with E-state index in [2.05, 4.69) is 15.1 Å². The molecule has 1 saturated carbocycles. The topological polar surface area (TPSA) is 67.5 Å². The number of aromatic amines is 1. The van der Waals surface area contributed by atoms with Gasteiger partial charge < -0.3 is 14.4 Å². The van der Waals surface area contributed by atoms with E-state index in [0.29, 0.717) is 17.5 Å². The Morgan fingerprint density at radius 3 is 2.52 bits per heavy atom. The molecule has 1 N–H and O–H groups in total. The first-order valence-corrected chi connectivity index (χ1v) is 10.2. The largest absolute Gasteiger partial charge is 0.493 e. The van der Waals surface area contributed by atoms with E-state index >= 15 is 0 Å². The summed E-state index contributed by atoms with van der Waals surface area (Å²) in [6.07, 6.45) is 6.92. The number of carbonyl (C=O) groups is 1. The smallest absolute Gasteiger partial charge is 0.254 e. The fourth-order valence-corrected chi connectivity index (χ4v) is 4.47. The third-order valence-corrected chi connectivity index (χ3v) is 6.15. The van der Waals surface area contributed by atoms with Gasteiger partial charge in [0.1, 0.15) is 0 Å². The monoisotopic (exact) mass is 391 g/mol. The zero-order valence-electron chi connectivity index (χ0n) is 16.8. The highest BCUT2D eigenvalue weighted by atomic mass is 16.5. The van der Waals surface area contributed by atoms with Crippen LogP contribution in [0.4, 0.5) is 0 Å². The molecule has 6 heteroatoms. The molecule has 1 aromatic heterocycles. The Hall–Kier alpha value is -3.02. The van der Waals surface area contributed by atoms with Crippen molar-refractivity contribution in [3.05, 3.63) is 53.3 Å². The van der Waals surface area contributed by atoms with Crippen molar-refractivity contribution in [1.82, 2.24) is 15.1 Å². The lowest BCUT2D eigenvalue weighted by Gasteiger charge is -2.34. The van der Waals surface area contributed by atoms with Crippen molar-refractivity contribution in [3.63, 3.8) is 0 Å². The first-order valence-electron chi connectivity index (χ1n) is 10.2. The number of amides is 1. The molecule has 150 valence electrons. The maximum absolute atomic E-state index is 13.5. The summed E-state index contributed by atoms with van der Waals surface area (Å²) in [5, 5.41) is 9.27. The molecule has 1 heterocycles. The Bertz CT molecular complexity index is 1070. The number of aryl methyl sites for hydroxylation is 1. The van der Waals surface area contributed by atoms with Crippen LogP contribution >= 0.6 is 0 Å². The predicted molar refractivity (Wildman–Crippen MR) is 111 cm³/mol. The SMILES string of the molecule is COc1cc2ccc(C(=O)N(C3CC3)C3CCc4[nH]ncc4C3)cc2cc1OC. The molecule has 1 amide bonds. The van der Waals surface area contributed by atoms with Gasteiger partial charge in [-0.25, -0.2) is 0 Å². The molecule has 0 saturated heterocycles. The van der Waals surface area contributed by atoms with Gasteiger partial charge in [0, 0.05) is 23.3 Å². The molecule has 1 fully saturated rings. The number of hydrogen-bond acceptors (Lipinski definition) is 4. The van der Waals surface area contributed by atoms with Crippen LogP contribution in [0.2, 0.25) is 0 Å². The number of H-pyrrole nitrogens is 1. The fourth-order valence-electron chi connectivity index (χ4n) is 4.47. The average Bonchev–Trinajstić information content (AvgIpc) is 3.47. The zero-order valence-corrected chi connectivity index (χ0v) is 16.8. The van der Waals surface area contributed by atoms with Crippen molar-refractivity contribution in [2.24, 2.45) is 0 Å². The number of carbonyl (C=O) groups excluding carboxylic acids is 1. The number of nitrogens with one attached hydrogen (secondary N) is 1. The van der Waals surface area contributed by atoms with Crippen molar-refractivity contribution in [2.45, 2.75) is 44.2 Å². The summed E-state index contributed by atoms with van der Waals surface area (Å²) in [6, 6.07) is 10.4. The van der Waals surface area contributed by atoms with Gasteiger partial charge >= 0.3 is 0 Å². The van der Waals surface area contributed by atoms with Gasteiger partial charge in [0.25, 0.3) is 5.91 Å². The van der Waals surface area contributed by atoms with E-state index in [1.54, 1.807) is 14.2 Å². The van der Waals surface area contributed by atoms with Crippen LogP contribution in [0.3, 0.4) is 0 Å². The van der Waals surface area contributed by atoms with Crippen molar-refractivity contribution in [3.8, 4) is 11.5 Å². The predicted octanol–water partition coefficient (Wildman–Crippen LogP) is 3.74. The van der Waals surface area contributed by atoms with Gasteiger partial charge in [-0.3, -0.25) is 9.89 Å². The zero-order chi connectivity index (χ0) is 20.0. The second-order valence-electron chi connectivity index (χ2n) is 7.98. The number of nitrogens with zero attached hydrogens (tertiary/aromatic N) is 2. The number of benzene rings is 2. The molecule has 2 aliphatic carbocycles. The van der Waals surface area contributed by atoms with Crippen molar-refractivity contribution in [2.75, 3.05) is 14.2 Å². The Labute approximate surface area is 169 Å². The van der Waals surface area contributed by atoms with Gasteiger partial charge in [0.05, 0.1) is 20.4 Å². The Morgan fingerprint density at radius 2 is 1.79 bits per heavy atom. The van der Waals surface area contributed by atoms with Crippen LogP contribution in [-0.4, -0.2) is 47.3 Å². The number of aromatic nitrogens is 2. The van der Waals surface area contributed by atoms with Crippen molar-refractivity contribution < 1.29 is 14.3 Å². The van der Waals surface area contributed by atoms with Crippen LogP contribution in [0.15, 0.2) is 36.5 Å². The minimum absolute atomic E-state index is 0.126. The van der Waals surface area contributed by atoms with E-state index in [1.165, 1.54) is 11.3 Å². The van der Waals surface area contributed by atoms with E-state index < -0.39 is 0 Å². The highest BCUT2D eigenvalue weighted by Gasteiger charge is 2.39. The van der Waals surface area contributed by atoms with Crippen LogP contribution in [0.1, 0.15) is 40.9 Å². The van der Waals surface area contributed by atoms with Gasteiger partial charge in [-0.15, -0.1) is 0 Å². The minimum atomic E-state index is 0.126. The summed E-state index contributed by atoms with van der Waals surface area (Å²) in [7, 11) is 3.26. The van der Waals surface area contributed by atoms with Crippen LogP contribution in [0.5, 0.6) is 11.5 Å². The van der Waals surface area contributed by atoms with Crippen LogP contribution in [0.25, 0.3) is 10.8 Å². The van der Waals surface area contributed by atoms with E-state index in [1.807, 2.05) is 36.5 Å². The molecule has 5 rings (SSSR count). The maximum atomic E-state index is 13.5. The van der Waals surface area contributed by atoms with Gasteiger partial charge in [-0.05, 0) is 72.7 Å². The molecular formula is C23H25N3O3. The Kier molecular flexibility index (Phi) is 4.42. The van der Waals surface area contributed by atoms with Crippen molar-refractivity contribution >= 4 is 16.7 Å². The number of hydrogen-bond donors (Lipinski definition) is 1. The molecule has 2 aromatic carbocycles. The summed E-state index contributed by atoms with van der Waals surface area (Å²) in [4.78, 5) is 15.7. The molecule has 6 nitrogen and oxygen atoms in total. The first-order chi connectivity index (χ1) is 14.2. The standard InChI is InChI=1S/C23H25N3O3/c1-28-21-11-14-3-4-15(9-16(14)12-22(21)29-2)23(27)26(18-5-6-18)19-7-8-20-17(10-19)13-24-25-20/h3-4,9,11-13,18-19H,5-8,10H2,1-2H3,(H,24,25). The van der Waals surface area contributed by atoms with Gasteiger partial charge in [0.15, 0.2) is 11.5 Å². The molecule has 1 unspecified atom stereocenters. The molecule has 2 aliphatic rings. The molecule has 1 atom stereocenters. The highest BCUT2D eigenvalue weighted by Crippen LogP contribution is 2.36. The van der Waals surface area contributed by atoms with Crippen LogP contribution in [-0.2, 0) is 12.8 Å². The molecule has 0 bridgehead atoms. The summed E-state index contributed by atoms with van der Waals surface area (Å²) in [6.45, 7) is 0. The summed E-state index contributed by atoms with van der Waals surface area (Å²) in [5.74, 6) is 1.49. The minimum Gasteiger partial charge on any atom is -0.493 e. The van der Waals surface area contributed by atoms with Gasteiger partial charge in [-0.2, -0.15) is 5.10 Å². The third-order valence-electron chi connectivity index (χ3n) is 6.15. The fraction of sp³-hybridized carbons (Fsp3) is 0.391. The summed E-state index contributed by atoms with van der Waals surface area (Å²) < 4.78 is 10.8. The van der Waals surface area contributed by atoms with E-state index in [4.69, 9.17) is 9.47 Å². The Balaban J connectivity index is 1.47. The van der Waals surface area contributed by atoms with Gasteiger partial charge in [-0.1, -0.05) is 6.07 Å². The van der Waals surface area contributed by atoms with E-state index in [9.17, 15) is 4.79 Å². The molecule has 0 aliphatic heterocycles. The van der Waals surface area contributed by atoms with Crippen LogP contribution in [0, 0.1) is 0 Å². The lowest BCUT2D eigenvalue weighted by Crippen LogP contribution is -2.44. The number of ether oxygens (including phenoxy) is 2. The van der Waals surface area contributed by atoms with Gasteiger partial charge in [0.2, 0.25) is 0 Å². The lowest BCUT2D eigenvalue weighted by atomic mass is 9.91. The molecule has 0 spiro atoms. The highest BCUT2D eigenvalue weighted by molar-refractivity contribution is 5.99. The second-order valence-corrected chi connectivity index (χ2v) is 7.98. The molecule has 0 radical (unpaired) electrons. The van der Waals surface area contributed by atoms with E-state index in [-0.39, 0.29) is 11.9 Å². The third kappa shape index (κ3) is 3.22. The first kappa shape index (κ1) is 18.0. The Morgan fingerprint density at radius 1 is 1.03 bits per heavy atom. The molecule has 29 heavy (non-hydrogen) atoms. The second kappa shape index (κ2) is 7.10. The quantitative estimate of drug-likeness (QED) is 0.719. The maximum Gasteiger partial charge on any atom is 0.254 e. The number of rotatable bonds is 5. The average molecular weight is 391 g/mol. The normalized spacial score (nSPS) is 18.3.